The van der Waals surface area contributed by atoms with Crippen LogP contribution in [0.2, 0.25) is 0 Å². The molecule has 1 aliphatic heterocycles. The van der Waals surface area contributed by atoms with Crippen LogP contribution in [0.15, 0.2) is 94.3 Å². The molecule has 2 heterocycles. The van der Waals surface area contributed by atoms with E-state index in [2.05, 4.69) is 0 Å². The number of ether oxygens (including phenoxy) is 1. The van der Waals surface area contributed by atoms with E-state index in [1.807, 2.05) is 30.3 Å². The van der Waals surface area contributed by atoms with Crippen molar-refractivity contribution >= 4 is 22.8 Å². The van der Waals surface area contributed by atoms with E-state index in [9.17, 15) is 18.8 Å². The maximum absolute atomic E-state index is 14.0. The van der Waals surface area contributed by atoms with Gasteiger partial charge in [-0.25, -0.2) is 4.39 Å². The normalized spacial score (nSPS) is 19.5. The Morgan fingerprint density at radius 1 is 0.905 bits per heavy atom. The molecule has 0 radical (unpaired) electrons. The van der Waals surface area contributed by atoms with Gasteiger partial charge in [0.1, 0.15) is 11.4 Å². The Kier molecular flexibility index (Phi) is 8.15. The Morgan fingerprint density at radius 2 is 1.67 bits per heavy atom. The van der Waals surface area contributed by atoms with Gasteiger partial charge in [-0.15, -0.1) is 0 Å². The maximum atomic E-state index is 14.0. The van der Waals surface area contributed by atoms with Crippen LogP contribution >= 0.6 is 0 Å². The van der Waals surface area contributed by atoms with Crippen LogP contribution in [0.4, 0.5) is 4.39 Å². The Bertz CT molecular complexity index is 1610. The van der Waals surface area contributed by atoms with Crippen LogP contribution in [0.3, 0.4) is 0 Å². The number of amides is 2. The summed E-state index contributed by atoms with van der Waals surface area (Å²) in [5, 5.41) is 0.431. The lowest BCUT2D eigenvalue weighted by atomic mass is 10.1. The second kappa shape index (κ2) is 12.3. The van der Waals surface area contributed by atoms with Crippen molar-refractivity contribution in [1.29, 1.82) is 0 Å². The van der Waals surface area contributed by atoms with Crippen LogP contribution in [0.5, 0.6) is 0 Å². The molecule has 3 unspecified atom stereocenters. The van der Waals surface area contributed by atoms with E-state index in [-0.39, 0.29) is 60.6 Å². The maximum Gasteiger partial charge on any atom is 0.242 e. The highest BCUT2D eigenvalue weighted by Crippen LogP contribution is 2.48. The zero-order valence-electron chi connectivity index (χ0n) is 23.3. The van der Waals surface area contributed by atoms with Gasteiger partial charge in [-0.2, -0.15) is 0 Å². The van der Waals surface area contributed by atoms with Crippen LogP contribution in [-0.4, -0.2) is 47.4 Å². The Balaban J connectivity index is 1.25. The van der Waals surface area contributed by atoms with Gasteiger partial charge >= 0.3 is 0 Å². The SMILES string of the molecule is O=C(CN(CC1CCCO1)C(=O)C1CC1c1ccccc1)N(Cc1ccc(F)cc1)Cc1coc2ccccc2c1=O. The summed E-state index contributed by atoms with van der Waals surface area (Å²) in [6.45, 7) is 0.970. The number of carbonyl (C=O) groups is 2. The monoisotopic (exact) mass is 568 g/mol. The molecule has 216 valence electrons. The molecule has 0 N–H and O–H groups in total. The van der Waals surface area contributed by atoms with Crippen LogP contribution in [0.25, 0.3) is 11.0 Å². The summed E-state index contributed by atoms with van der Waals surface area (Å²) in [7, 11) is 0. The van der Waals surface area contributed by atoms with Gasteiger partial charge in [0, 0.05) is 25.6 Å². The van der Waals surface area contributed by atoms with Crippen molar-refractivity contribution in [2.45, 2.75) is 44.4 Å². The molecule has 8 heteroatoms. The van der Waals surface area contributed by atoms with E-state index in [0.29, 0.717) is 35.2 Å². The fourth-order valence-electron chi connectivity index (χ4n) is 5.78. The van der Waals surface area contributed by atoms with Gasteiger partial charge < -0.3 is 19.0 Å². The third-order valence-corrected chi connectivity index (χ3v) is 8.17. The lowest BCUT2D eigenvalue weighted by molar-refractivity contribution is -0.143. The Morgan fingerprint density at radius 3 is 2.43 bits per heavy atom. The number of nitrogens with zero attached hydrogens (tertiary/aromatic N) is 2. The molecule has 2 fully saturated rings. The molecule has 3 aromatic carbocycles. The number of halogens is 1. The predicted molar refractivity (Wildman–Crippen MR) is 156 cm³/mol. The van der Waals surface area contributed by atoms with Crippen LogP contribution < -0.4 is 5.43 Å². The van der Waals surface area contributed by atoms with Crippen molar-refractivity contribution in [2.75, 3.05) is 19.7 Å². The van der Waals surface area contributed by atoms with E-state index in [0.717, 1.165) is 24.8 Å². The molecule has 2 amide bonds. The lowest BCUT2D eigenvalue weighted by Gasteiger charge is -2.29. The van der Waals surface area contributed by atoms with Crippen LogP contribution in [-0.2, 0) is 27.4 Å². The number of hydrogen-bond acceptors (Lipinski definition) is 5. The van der Waals surface area contributed by atoms with Crippen molar-refractivity contribution in [1.82, 2.24) is 9.80 Å². The number of para-hydroxylation sites is 1. The molecule has 1 saturated heterocycles. The van der Waals surface area contributed by atoms with E-state index in [1.54, 1.807) is 41.3 Å². The molecule has 6 rings (SSSR count). The summed E-state index contributed by atoms with van der Waals surface area (Å²) in [6.07, 6.45) is 3.78. The highest BCUT2D eigenvalue weighted by atomic mass is 19.1. The smallest absolute Gasteiger partial charge is 0.242 e. The lowest BCUT2D eigenvalue weighted by Crippen LogP contribution is -2.46. The van der Waals surface area contributed by atoms with Gasteiger partial charge in [-0.05, 0) is 60.6 Å². The van der Waals surface area contributed by atoms with Crippen molar-refractivity contribution in [3.63, 3.8) is 0 Å². The summed E-state index contributed by atoms with van der Waals surface area (Å²) in [4.78, 5) is 44.2. The molecule has 7 nitrogen and oxygen atoms in total. The number of fused-ring (bicyclic) bond motifs is 1. The van der Waals surface area contributed by atoms with E-state index in [4.69, 9.17) is 9.15 Å². The number of benzene rings is 3. The molecule has 1 aromatic heterocycles. The fourth-order valence-corrected chi connectivity index (χ4v) is 5.78. The Labute approximate surface area is 243 Å². The zero-order chi connectivity index (χ0) is 29.1. The highest BCUT2D eigenvalue weighted by molar-refractivity contribution is 5.88. The summed E-state index contributed by atoms with van der Waals surface area (Å²) < 4.78 is 25.2. The second-order valence-electron chi connectivity index (χ2n) is 11.2. The first-order valence-electron chi connectivity index (χ1n) is 14.4. The third-order valence-electron chi connectivity index (χ3n) is 8.17. The standard InChI is InChI=1S/C34H33FN2O5/c35-26-14-12-23(13-15-26)18-36(19-25-22-42-31-11-5-4-10-28(31)33(25)39)32(38)21-37(20-27-9-6-16-41-27)34(40)30-17-29(30)24-7-2-1-3-8-24/h1-5,7-8,10-15,22,27,29-30H,6,9,16-21H2. The third kappa shape index (κ3) is 6.29. The van der Waals surface area contributed by atoms with Crippen LogP contribution in [0.1, 0.15) is 41.9 Å². The molecule has 2 aliphatic rings. The largest absolute Gasteiger partial charge is 0.464 e. The first-order valence-corrected chi connectivity index (χ1v) is 14.4. The first-order chi connectivity index (χ1) is 20.5. The molecule has 1 aliphatic carbocycles. The van der Waals surface area contributed by atoms with Gasteiger partial charge in [-0.1, -0.05) is 54.6 Å². The van der Waals surface area contributed by atoms with E-state index < -0.39 is 0 Å². The average molecular weight is 569 g/mol. The van der Waals surface area contributed by atoms with E-state index >= 15 is 0 Å². The molecular formula is C34H33FN2O5. The molecule has 3 atom stereocenters. The second-order valence-corrected chi connectivity index (χ2v) is 11.2. The minimum absolute atomic E-state index is 0.0125. The number of carbonyl (C=O) groups excluding carboxylic acids is 2. The zero-order valence-corrected chi connectivity index (χ0v) is 23.3. The van der Waals surface area contributed by atoms with Crippen LogP contribution in [0, 0.1) is 11.7 Å². The molecule has 4 aromatic rings. The van der Waals surface area contributed by atoms with Crippen molar-refractivity contribution in [2.24, 2.45) is 5.92 Å². The molecule has 42 heavy (non-hydrogen) atoms. The molecule has 0 spiro atoms. The number of hydrogen-bond donors (Lipinski definition) is 0. The minimum Gasteiger partial charge on any atom is -0.464 e. The average Bonchev–Trinajstić information content (AvgIpc) is 3.65. The van der Waals surface area contributed by atoms with Gasteiger partial charge in [0.05, 0.1) is 36.4 Å². The van der Waals surface area contributed by atoms with E-state index in [1.165, 1.54) is 23.3 Å². The topological polar surface area (TPSA) is 80.1 Å². The molecular weight excluding hydrogens is 535 g/mol. The highest BCUT2D eigenvalue weighted by Gasteiger charge is 2.46. The fraction of sp³-hybridized carbons (Fsp3) is 0.324. The summed E-state index contributed by atoms with van der Waals surface area (Å²) in [5.41, 5.74) is 2.41. The Hall–Kier alpha value is -4.30. The number of rotatable bonds is 10. The summed E-state index contributed by atoms with van der Waals surface area (Å²) in [6, 6.07) is 22.8. The van der Waals surface area contributed by atoms with Gasteiger partial charge in [0.15, 0.2) is 5.43 Å². The minimum atomic E-state index is -0.377. The van der Waals surface area contributed by atoms with Crippen molar-refractivity contribution in [3.05, 3.63) is 118 Å². The molecule has 1 saturated carbocycles. The van der Waals surface area contributed by atoms with Gasteiger partial charge in [-0.3, -0.25) is 14.4 Å². The molecule has 0 bridgehead atoms. The van der Waals surface area contributed by atoms with Crippen molar-refractivity contribution in [3.8, 4) is 0 Å². The summed E-state index contributed by atoms with van der Waals surface area (Å²) in [5.74, 6) is -0.787. The summed E-state index contributed by atoms with van der Waals surface area (Å²) >= 11 is 0. The first kappa shape index (κ1) is 27.8. The van der Waals surface area contributed by atoms with Crippen molar-refractivity contribution < 1.29 is 23.1 Å². The quantitative estimate of drug-likeness (QED) is 0.260. The predicted octanol–water partition coefficient (Wildman–Crippen LogP) is 5.27. The van der Waals surface area contributed by atoms with Gasteiger partial charge in [0.2, 0.25) is 11.8 Å². The van der Waals surface area contributed by atoms with Gasteiger partial charge in [0.25, 0.3) is 0 Å².